The van der Waals surface area contributed by atoms with Crippen LogP contribution >= 0.6 is 35.7 Å². The van der Waals surface area contributed by atoms with Gasteiger partial charge in [-0.2, -0.15) is 11.8 Å². The van der Waals surface area contributed by atoms with Crippen molar-refractivity contribution in [1.29, 1.82) is 0 Å². The van der Waals surface area contributed by atoms with Gasteiger partial charge >= 0.3 is 0 Å². The maximum absolute atomic E-state index is 5.39. The second-order valence-corrected chi connectivity index (χ2v) is 7.24. The van der Waals surface area contributed by atoms with Gasteiger partial charge in [-0.15, -0.1) is 24.0 Å². The molecule has 1 aliphatic heterocycles. The largest absolute Gasteiger partial charge is 0.497 e. The number of guanidine groups is 1. The third-order valence-electron chi connectivity index (χ3n) is 4.35. The molecule has 0 aliphatic carbocycles. The van der Waals surface area contributed by atoms with E-state index in [1.165, 1.54) is 0 Å². The summed E-state index contributed by atoms with van der Waals surface area (Å²) in [6, 6.07) is 6.41. The van der Waals surface area contributed by atoms with E-state index in [0.29, 0.717) is 6.04 Å². The third-order valence-corrected chi connectivity index (χ3v) is 5.05. The quantitative estimate of drug-likeness (QED) is 0.231. The number of anilines is 1. The second kappa shape index (κ2) is 13.2. The van der Waals surface area contributed by atoms with Gasteiger partial charge in [0.2, 0.25) is 0 Å². The van der Waals surface area contributed by atoms with Crippen molar-refractivity contribution in [1.82, 2.24) is 10.6 Å². The van der Waals surface area contributed by atoms with Crippen LogP contribution in [0.2, 0.25) is 0 Å². The third kappa shape index (κ3) is 7.85. The Hall–Kier alpha value is -1.03. The number of methoxy groups -OCH3 is 2. The molecule has 0 radical (unpaired) electrons. The molecule has 0 bridgehead atoms. The van der Waals surface area contributed by atoms with Gasteiger partial charge in [-0.3, -0.25) is 4.99 Å². The summed E-state index contributed by atoms with van der Waals surface area (Å²) in [6.07, 6.45) is 4.32. The highest BCUT2D eigenvalue weighted by Gasteiger charge is 2.24. The molecule has 154 valence electrons. The van der Waals surface area contributed by atoms with E-state index in [9.17, 15) is 0 Å². The first-order valence-electron chi connectivity index (χ1n) is 9.22. The van der Waals surface area contributed by atoms with Crippen LogP contribution in [-0.2, 0) is 0 Å². The fraction of sp³-hybridized carbons (Fsp3) is 0.632. The average molecular weight is 508 g/mol. The molecule has 2 rings (SSSR count). The molecule has 1 heterocycles. The highest BCUT2D eigenvalue weighted by molar-refractivity contribution is 14.0. The van der Waals surface area contributed by atoms with Gasteiger partial charge in [-0.25, -0.2) is 0 Å². The van der Waals surface area contributed by atoms with Crippen molar-refractivity contribution in [3.63, 3.8) is 0 Å². The Morgan fingerprint density at radius 3 is 2.56 bits per heavy atom. The normalized spacial score (nSPS) is 16.7. The fourth-order valence-electron chi connectivity index (χ4n) is 3.00. The topological polar surface area (TPSA) is 58.1 Å². The molecule has 1 saturated heterocycles. The fourth-order valence-corrected chi connectivity index (χ4v) is 3.42. The van der Waals surface area contributed by atoms with E-state index < -0.39 is 0 Å². The molecule has 27 heavy (non-hydrogen) atoms. The summed E-state index contributed by atoms with van der Waals surface area (Å²) >= 11 is 1.87. The lowest BCUT2D eigenvalue weighted by Crippen LogP contribution is -2.44. The van der Waals surface area contributed by atoms with Gasteiger partial charge in [0.25, 0.3) is 0 Å². The Balaban J connectivity index is 0.00000364. The van der Waals surface area contributed by atoms with Gasteiger partial charge in [-0.05, 0) is 31.8 Å². The van der Waals surface area contributed by atoms with E-state index in [0.717, 1.165) is 67.9 Å². The second-order valence-electron chi connectivity index (χ2n) is 6.25. The highest BCUT2D eigenvalue weighted by atomic mass is 127. The molecular formula is C19H33IN4O2S. The molecule has 6 nitrogen and oxygen atoms in total. The predicted octanol–water partition coefficient (Wildman–Crippen LogP) is 3.21. The maximum Gasteiger partial charge on any atom is 0.191 e. The van der Waals surface area contributed by atoms with Crippen molar-refractivity contribution in [2.45, 2.75) is 25.8 Å². The van der Waals surface area contributed by atoms with Crippen molar-refractivity contribution < 1.29 is 9.47 Å². The Morgan fingerprint density at radius 2 is 1.96 bits per heavy atom. The van der Waals surface area contributed by atoms with Gasteiger partial charge < -0.3 is 25.0 Å². The molecule has 8 heteroatoms. The lowest BCUT2D eigenvalue weighted by molar-refractivity contribution is 0.394. The number of benzene rings is 1. The minimum absolute atomic E-state index is 0. The number of thioether (sulfide) groups is 1. The highest BCUT2D eigenvalue weighted by Crippen LogP contribution is 2.30. The van der Waals surface area contributed by atoms with E-state index in [1.807, 2.05) is 17.8 Å². The van der Waals surface area contributed by atoms with Gasteiger partial charge in [0.15, 0.2) is 5.96 Å². The van der Waals surface area contributed by atoms with Crippen LogP contribution in [0.3, 0.4) is 0 Å². The molecule has 1 fully saturated rings. The van der Waals surface area contributed by atoms with Crippen LogP contribution in [0.5, 0.6) is 11.5 Å². The molecular weight excluding hydrogens is 475 g/mol. The van der Waals surface area contributed by atoms with Crippen LogP contribution in [0.4, 0.5) is 5.69 Å². The van der Waals surface area contributed by atoms with Gasteiger partial charge in [0.05, 0.1) is 14.2 Å². The number of hydrogen-bond acceptors (Lipinski definition) is 5. The SMILES string of the molecule is CCNC(=NCCCSC)NC1CCN(c2cc(OC)cc(OC)c2)C1.I. The lowest BCUT2D eigenvalue weighted by Gasteiger charge is -2.21. The first-order chi connectivity index (χ1) is 12.7. The van der Waals surface area contributed by atoms with Crippen LogP contribution in [0.1, 0.15) is 19.8 Å². The number of halogens is 1. The van der Waals surface area contributed by atoms with E-state index in [1.54, 1.807) is 14.2 Å². The number of nitrogens with zero attached hydrogens (tertiary/aromatic N) is 2. The van der Waals surface area contributed by atoms with Crippen molar-refractivity contribution >= 4 is 47.4 Å². The molecule has 2 N–H and O–H groups in total. The van der Waals surface area contributed by atoms with E-state index >= 15 is 0 Å². The predicted molar refractivity (Wildman–Crippen MR) is 128 cm³/mol. The maximum atomic E-state index is 5.39. The number of nitrogens with one attached hydrogen (secondary N) is 2. The van der Waals surface area contributed by atoms with Crippen molar-refractivity contribution in [2.24, 2.45) is 4.99 Å². The Labute approximate surface area is 184 Å². The standard InChI is InChI=1S/C19H32N4O2S.HI/c1-5-20-19(21-8-6-10-26-4)22-15-7-9-23(14-15)16-11-17(24-2)13-18(12-16)25-3;/h11-13,15H,5-10,14H2,1-4H3,(H2,20,21,22);1H. The van der Waals surface area contributed by atoms with E-state index in [2.05, 4.69) is 45.8 Å². The monoisotopic (exact) mass is 508 g/mol. The Bertz CT molecular complexity index is 567. The first-order valence-corrected chi connectivity index (χ1v) is 10.6. The molecule has 1 aromatic rings. The number of ether oxygens (including phenoxy) is 2. The van der Waals surface area contributed by atoms with Gasteiger partial charge in [-0.1, -0.05) is 0 Å². The number of aliphatic imine (C=N–C) groups is 1. The van der Waals surface area contributed by atoms with E-state index in [-0.39, 0.29) is 24.0 Å². The molecule has 1 unspecified atom stereocenters. The smallest absolute Gasteiger partial charge is 0.191 e. The summed E-state index contributed by atoms with van der Waals surface area (Å²) < 4.78 is 10.8. The molecule has 1 aromatic carbocycles. The summed E-state index contributed by atoms with van der Waals surface area (Å²) in [6.45, 7) is 5.77. The summed E-state index contributed by atoms with van der Waals surface area (Å²) in [5.74, 6) is 3.71. The molecule has 1 aliphatic rings. The molecule has 0 amide bonds. The van der Waals surface area contributed by atoms with Crippen LogP contribution in [-0.4, -0.2) is 64.4 Å². The zero-order valence-electron chi connectivity index (χ0n) is 16.8. The van der Waals surface area contributed by atoms with Crippen LogP contribution in [0.25, 0.3) is 0 Å². The molecule has 0 spiro atoms. The summed E-state index contributed by atoms with van der Waals surface area (Å²) in [5, 5.41) is 6.93. The number of hydrogen-bond donors (Lipinski definition) is 2. The Morgan fingerprint density at radius 1 is 1.26 bits per heavy atom. The van der Waals surface area contributed by atoms with Crippen LogP contribution in [0, 0.1) is 0 Å². The zero-order valence-corrected chi connectivity index (χ0v) is 19.9. The lowest BCUT2D eigenvalue weighted by atomic mass is 10.2. The summed E-state index contributed by atoms with van der Waals surface area (Å²) in [5.41, 5.74) is 1.13. The average Bonchev–Trinajstić information content (AvgIpc) is 3.13. The summed E-state index contributed by atoms with van der Waals surface area (Å²) in [7, 11) is 3.37. The van der Waals surface area contributed by atoms with Gasteiger partial charge in [0, 0.05) is 56.1 Å². The first kappa shape index (κ1) is 24.0. The minimum atomic E-state index is 0. The van der Waals surface area contributed by atoms with Gasteiger partial charge in [0.1, 0.15) is 11.5 Å². The van der Waals surface area contributed by atoms with E-state index in [4.69, 9.17) is 9.47 Å². The molecule has 0 saturated carbocycles. The molecule has 1 atom stereocenters. The number of rotatable bonds is 9. The van der Waals surface area contributed by atoms with Crippen LogP contribution < -0.4 is 25.0 Å². The van der Waals surface area contributed by atoms with Crippen molar-refractivity contribution in [2.75, 3.05) is 57.3 Å². The van der Waals surface area contributed by atoms with Crippen molar-refractivity contribution in [3.05, 3.63) is 18.2 Å². The molecule has 0 aromatic heterocycles. The van der Waals surface area contributed by atoms with Crippen molar-refractivity contribution in [3.8, 4) is 11.5 Å². The Kier molecular flexibility index (Phi) is 11.7. The minimum Gasteiger partial charge on any atom is -0.497 e. The summed E-state index contributed by atoms with van der Waals surface area (Å²) in [4.78, 5) is 7.05. The zero-order chi connectivity index (χ0) is 18.8. The van der Waals surface area contributed by atoms with Crippen LogP contribution in [0.15, 0.2) is 23.2 Å².